The van der Waals surface area contributed by atoms with E-state index >= 15 is 0 Å². The normalized spacial score (nSPS) is 11.9. The van der Waals surface area contributed by atoms with Gasteiger partial charge < -0.3 is 10.1 Å². The van der Waals surface area contributed by atoms with Crippen molar-refractivity contribution in [2.24, 2.45) is 0 Å². The third-order valence-electron chi connectivity index (χ3n) is 2.85. The molecular formula is C16H15NO3. The molecule has 1 amide bonds. The first-order valence-electron chi connectivity index (χ1n) is 6.15. The van der Waals surface area contributed by atoms with E-state index in [-0.39, 0.29) is 5.91 Å². The van der Waals surface area contributed by atoms with Gasteiger partial charge in [0.25, 0.3) is 0 Å². The Morgan fingerprint density at radius 1 is 1.20 bits per heavy atom. The molecule has 1 aliphatic heterocycles. The number of carbonyl (C=O) groups is 2. The zero-order valence-corrected chi connectivity index (χ0v) is 11.2. The molecule has 0 aliphatic carbocycles. The van der Waals surface area contributed by atoms with Crippen LogP contribution in [0.15, 0.2) is 49.0 Å². The molecule has 0 unspecified atom stereocenters. The summed E-state index contributed by atoms with van der Waals surface area (Å²) in [6.07, 6.45) is 0. The van der Waals surface area contributed by atoms with Crippen molar-refractivity contribution in [3.63, 3.8) is 0 Å². The summed E-state index contributed by atoms with van der Waals surface area (Å²) in [5, 5.41) is 4.69. The Morgan fingerprint density at radius 2 is 1.80 bits per heavy atom. The Hall–Kier alpha value is -2.62. The van der Waals surface area contributed by atoms with Crippen molar-refractivity contribution < 1.29 is 14.3 Å². The largest absolute Gasteiger partial charge is 0.465 e. The van der Waals surface area contributed by atoms with Gasteiger partial charge in [0.05, 0.1) is 19.2 Å². The molecule has 3 rings (SSSR count). The molecule has 1 saturated heterocycles. The van der Waals surface area contributed by atoms with E-state index in [9.17, 15) is 9.59 Å². The van der Waals surface area contributed by atoms with Crippen molar-refractivity contribution in [3.05, 3.63) is 54.6 Å². The fourth-order valence-electron chi connectivity index (χ4n) is 1.65. The minimum atomic E-state index is -0.393. The molecule has 0 spiro atoms. The fourth-order valence-corrected chi connectivity index (χ4v) is 1.65. The van der Waals surface area contributed by atoms with Gasteiger partial charge in [-0.15, -0.1) is 0 Å². The van der Waals surface area contributed by atoms with E-state index in [1.54, 1.807) is 0 Å². The van der Waals surface area contributed by atoms with Gasteiger partial charge in [0.1, 0.15) is 0 Å². The highest BCUT2D eigenvalue weighted by molar-refractivity contribution is 6.16. The number of esters is 1. The molecular weight excluding hydrogens is 254 g/mol. The van der Waals surface area contributed by atoms with Crippen molar-refractivity contribution in [1.29, 1.82) is 0 Å². The molecule has 2 aromatic carbocycles. The van der Waals surface area contributed by atoms with E-state index in [1.165, 1.54) is 7.11 Å². The zero-order chi connectivity index (χ0) is 14.5. The van der Waals surface area contributed by atoms with E-state index in [2.05, 4.69) is 16.6 Å². The number of amides is 1. The first-order chi connectivity index (χ1) is 9.61. The van der Waals surface area contributed by atoms with Crippen molar-refractivity contribution in [2.45, 2.75) is 0 Å². The lowest BCUT2D eigenvalue weighted by Gasteiger charge is -2.05. The molecule has 0 atom stereocenters. The summed E-state index contributed by atoms with van der Waals surface area (Å²) in [5.74, 6) is -0.227. The standard InChI is InChI=1S/C14H12O2.C2H3NO/c1-10(14(15)16-2)12-8-7-11-5-3-4-6-13(11)9-12;4-2-1-3-2/h3-9H,1H2,2H3;1H2,(H,3,4). The molecule has 0 bridgehead atoms. The number of rotatable bonds is 2. The lowest BCUT2D eigenvalue weighted by atomic mass is 10.0. The van der Waals surface area contributed by atoms with Crippen LogP contribution >= 0.6 is 0 Å². The molecule has 4 heteroatoms. The van der Waals surface area contributed by atoms with Gasteiger partial charge in [0.15, 0.2) is 0 Å². The second-order valence-electron chi connectivity index (χ2n) is 4.31. The summed E-state index contributed by atoms with van der Waals surface area (Å²) < 4.78 is 4.64. The first kappa shape index (κ1) is 13.8. The van der Waals surface area contributed by atoms with Gasteiger partial charge in [-0.3, -0.25) is 4.79 Å². The lowest BCUT2D eigenvalue weighted by Crippen LogP contribution is -2.02. The van der Waals surface area contributed by atoms with Crippen molar-refractivity contribution in [2.75, 3.05) is 13.7 Å². The summed E-state index contributed by atoms with van der Waals surface area (Å²) in [7, 11) is 1.36. The van der Waals surface area contributed by atoms with Crippen molar-refractivity contribution in [1.82, 2.24) is 5.32 Å². The lowest BCUT2D eigenvalue weighted by molar-refractivity contribution is -0.133. The van der Waals surface area contributed by atoms with Gasteiger partial charge in [0, 0.05) is 0 Å². The second-order valence-corrected chi connectivity index (χ2v) is 4.31. The number of carbonyl (C=O) groups excluding carboxylic acids is 2. The van der Waals surface area contributed by atoms with Crippen LogP contribution in [0.5, 0.6) is 0 Å². The molecule has 4 nitrogen and oxygen atoms in total. The van der Waals surface area contributed by atoms with Gasteiger partial charge in [-0.25, -0.2) is 4.79 Å². The van der Waals surface area contributed by atoms with Gasteiger partial charge in [-0.1, -0.05) is 43.0 Å². The highest BCUT2D eigenvalue weighted by Gasteiger charge is 2.10. The van der Waals surface area contributed by atoms with E-state index in [4.69, 9.17) is 0 Å². The van der Waals surface area contributed by atoms with Crippen LogP contribution in [-0.2, 0) is 14.3 Å². The Kier molecular flexibility index (Phi) is 4.15. The maximum atomic E-state index is 11.3. The zero-order valence-electron chi connectivity index (χ0n) is 11.2. The van der Waals surface area contributed by atoms with Crippen LogP contribution < -0.4 is 5.32 Å². The second kappa shape index (κ2) is 6.02. The van der Waals surface area contributed by atoms with E-state index in [0.29, 0.717) is 12.1 Å². The summed E-state index contributed by atoms with van der Waals surface area (Å²) in [5.41, 5.74) is 1.18. The maximum absolute atomic E-state index is 11.3. The number of benzene rings is 2. The molecule has 1 fully saturated rings. The van der Waals surface area contributed by atoms with Crippen molar-refractivity contribution >= 4 is 28.2 Å². The summed E-state index contributed by atoms with van der Waals surface area (Å²) >= 11 is 0. The third kappa shape index (κ3) is 3.45. The number of ether oxygens (including phenoxy) is 1. The Bertz CT molecular complexity index is 670. The summed E-state index contributed by atoms with van der Waals surface area (Å²) in [4.78, 5) is 20.8. The topological polar surface area (TPSA) is 65.3 Å². The van der Waals surface area contributed by atoms with Crippen LogP contribution in [0.4, 0.5) is 0 Å². The molecule has 0 radical (unpaired) electrons. The van der Waals surface area contributed by atoms with Crippen LogP contribution in [0.3, 0.4) is 0 Å². The molecule has 1 aliphatic rings. The Morgan fingerprint density at radius 3 is 2.35 bits per heavy atom. The molecule has 0 saturated carbocycles. The summed E-state index contributed by atoms with van der Waals surface area (Å²) in [6, 6.07) is 13.8. The molecule has 1 heterocycles. The molecule has 102 valence electrons. The minimum Gasteiger partial charge on any atom is -0.465 e. The van der Waals surface area contributed by atoms with Crippen LogP contribution in [-0.4, -0.2) is 25.5 Å². The van der Waals surface area contributed by atoms with Gasteiger partial charge in [-0.2, -0.15) is 0 Å². The van der Waals surface area contributed by atoms with Gasteiger partial charge in [0.2, 0.25) is 5.91 Å². The van der Waals surface area contributed by atoms with Crippen LogP contribution in [0.25, 0.3) is 16.3 Å². The predicted molar refractivity (Wildman–Crippen MR) is 78.0 cm³/mol. The fraction of sp³-hybridized carbons (Fsp3) is 0.125. The number of fused-ring (bicyclic) bond motifs is 1. The SMILES string of the molecule is C=C(C(=O)OC)c1ccc2ccccc2c1.O=C1CN1. The number of hydrogen-bond donors (Lipinski definition) is 1. The molecule has 0 aromatic heterocycles. The first-order valence-corrected chi connectivity index (χ1v) is 6.15. The minimum absolute atomic E-state index is 0.167. The smallest absolute Gasteiger partial charge is 0.337 e. The Labute approximate surface area is 117 Å². The number of methoxy groups -OCH3 is 1. The quantitative estimate of drug-likeness (QED) is 0.516. The van der Waals surface area contributed by atoms with Crippen LogP contribution in [0.1, 0.15) is 5.56 Å². The van der Waals surface area contributed by atoms with Crippen LogP contribution in [0, 0.1) is 0 Å². The number of nitrogens with one attached hydrogen (secondary N) is 1. The highest BCUT2D eigenvalue weighted by Crippen LogP contribution is 2.20. The van der Waals surface area contributed by atoms with Crippen molar-refractivity contribution in [3.8, 4) is 0 Å². The Balaban J connectivity index is 0.000000315. The third-order valence-corrected chi connectivity index (χ3v) is 2.85. The van der Waals surface area contributed by atoms with Gasteiger partial charge in [-0.05, 0) is 22.4 Å². The number of hydrogen-bond acceptors (Lipinski definition) is 3. The summed E-state index contributed by atoms with van der Waals surface area (Å²) in [6.45, 7) is 4.33. The molecule has 2 aromatic rings. The van der Waals surface area contributed by atoms with Crippen LogP contribution in [0.2, 0.25) is 0 Å². The maximum Gasteiger partial charge on any atom is 0.337 e. The predicted octanol–water partition coefficient (Wildman–Crippen LogP) is 2.14. The average molecular weight is 269 g/mol. The molecule has 20 heavy (non-hydrogen) atoms. The van der Waals surface area contributed by atoms with E-state index in [1.807, 2.05) is 42.5 Å². The van der Waals surface area contributed by atoms with E-state index in [0.717, 1.165) is 16.3 Å². The monoisotopic (exact) mass is 269 g/mol. The highest BCUT2D eigenvalue weighted by atomic mass is 16.5. The van der Waals surface area contributed by atoms with E-state index < -0.39 is 5.97 Å². The van der Waals surface area contributed by atoms with Gasteiger partial charge >= 0.3 is 5.97 Å². The average Bonchev–Trinajstić information content (AvgIpc) is 3.28. The molecule has 1 N–H and O–H groups in total.